The van der Waals surface area contributed by atoms with E-state index in [1.165, 1.54) is 6.07 Å². The Morgan fingerprint density at radius 3 is 2.25 bits per heavy atom. The topological polar surface area (TPSA) is 46.2 Å². The van der Waals surface area contributed by atoms with Crippen molar-refractivity contribution >= 4 is 5.69 Å². The molecule has 2 aromatic carbocycles. The Labute approximate surface area is 91.0 Å². The van der Waals surface area contributed by atoms with Gasteiger partial charge in [-0.2, -0.15) is 4.39 Å². The molecule has 0 unspecified atom stereocenters. The van der Waals surface area contributed by atoms with Gasteiger partial charge in [-0.05, 0) is 18.2 Å². The molecule has 0 heterocycles. The van der Waals surface area contributed by atoms with Crippen LogP contribution in [0.3, 0.4) is 0 Å². The van der Waals surface area contributed by atoms with Gasteiger partial charge < -0.3 is 10.8 Å². The number of halogens is 2. The highest BCUT2D eigenvalue weighted by Crippen LogP contribution is 2.31. The van der Waals surface area contributed by atoms with E-state index in [9.17, 15) is 8.78 Å². The Balaban J connectivity index is 2.66. The molecule has 2 rings (SSSR count). The van der Waals surface area contributed by atoms with Gasteiger partial charge in [0, 0.05) is 16.8 Å². The molecular weight excluding hydrogens is 212 g/mol. The van der Waals surface area contributed by atoms with Gasteiger partial charge in [-0.15, -0.1) is 0 Å². The van der Waals surface area contributed by atoms with E-state index >= 15 is 0 Å². The summed E-state index contributed by atoms with van der Waals surface area (Å²) in [6.45, 7) is 0. The van der Waals surface area contributed by atoms with Crippen LogP contribution < -0.4 is 5.73 Å². The summed E-state index contributed by atoms with van der Waals surface area (Å²) in [6.07, 6.45) is 0. The number of phenolic OH excluding ortho intramolecular Hbond substituents is 1. The fourth-order valence-corrected chi connectivity index (χ4v) is 1.49. The lowest BCUT2D eigenvalue weighted by Gasteiger charge is -2.07. The first-order valence-electron chi connectivity index (χ1n) is 4.63. The van der Waals surface area contributed by atoms with Crippen LogP contribution in [0.15, 0.2) is 36.4 Å². The standard InChI is InChI=1S/C12H9F2NO/c13-11-8(5-6-10(16)12(11)14)7-3-1-2-4-9(7)15/h1-6,16H,15H2. The predicted octanol–water partition coefficient (Wildman–Crippen LogP) is 2.92. The average molecular weight is 221 g/mol. The normalized spacial score (nSPS) is 10.4. The smallest absolute Gasteiger partial charge is 0.200 e. The summed E-state index contributed by atoms with van der Waals surface area (Å²) in [5.41, 5.74) is 6.45. The molecule has 0 atom stereocenters. The monoisotopic (exact) mass is 221 g/mol. The third kappa shape index (κ3) is 1.58. The first-order chi connectivity index (χ1) is 7.61. The van der Waals surface area contributed by atoms with Gasteiger partial charge in [0.2, 0.25) is 5.82 Å². The van der Waals surface area contributed by atoms with Crippen LogP contribution in [0.25, 0.3) is 11.1 Å². The molecule has 0 radical (unpaired) electrons. The van der Waals surface area contributed by atoms with Crippen molar-refractivity contribution in [3.63, 3.8) is 0 Å². The van der Waals surface area contributed by atoms with Crippen molar-refractivity contribution < 1.29 is 13.9 Å². The van der Waals surface area contributed by atoms with E-state index < -0.39 is 17.4 Å². The number of benzene rings is 2. The number of nitrogen functional groups attached to an aromatic ring is 1. The lowest BCUT2D eigenvalue weighted by atomic mass is 10.0. The quantitative estimate of drug-likeness (QED) is 0.727. The third-order valence-electron chi connectivity index (χ3n) is 2.31. The molecule has 4 heteroatoms. The van der Waals surface area contributed by atoms with Gasteiger partial charge in [0.05, 0.1) is 0 Å². The van der Waals surface area contributed by atoms with Crippen LogP contribution >= 0.6 is 0 Å². The van der Waals surface area contributed by atoms with Crippen molar-refractivity contribution in [2.24, 2.45) is 0 Å². The van der Waals surface area contributed by atoms with Crippen LogP contribution in [0.4, 0.5) is 14.5 Å². The molecule has 0 aliphatic carbocycles. The van der Waals surface area contributed by atoms with Crippen molar-refractivity contribution in [1.82, 2.24) is 0 Å². The van der Waals surface area contributed by atoms with Crippen molar-refractivity contribution in [3.8, 4) is 16.9 Å². The molecule has 2 aromatic rings. The van der Waals surface area contributed by atoms with Crippen LogP contribution in [0.2, 0.25) is 0 Å². The number of nitrogens with two attached hydrogens (primary N) is 1. The van der Waals surface area contributed by atoms with Gasteiger partial charge >= 0.3 is 0 Å². The predicted molar refractivity (Wildman–Crippen MR) is 57.9 cm³/mol. The lowest BCUT2D eigenvalue weighted by molar-refractivity contribution is 0.408. The van der Waals surface area contributed by atoms with Crippen molar-refractivity contribution in [3.05, 3.63) is 48.0 Å². The molecule has 82 valence electrons. The molecule has 2 nitrogen and oxygen atoms in total. The number of hydrogen-bond acceptors (Lipinski definition) is 2. The molecule has 0 fully saturated rings. The number of rotatable bonds is 1. The SMILES string of the molecule is Nc1ccccc1-c1ccc(O)c(F)c1F. The number of aromatic hydroxyl groups is 1. The van der Waals surface area contributed by atoms with E-state index in [4.69, 9.17) is 10.8 Å². The minimum Gasteiger partial charge on any atom is -0.505 e. The molecular formula is C12H9F2NO. The number of anilines is 1. The van der Waals surface area contributed by atoms with E-state index in [1.807, 2.05) is 0 Å². The molecule has 3 N–H and O–H groups in total. The zero-order chi connectivity index (χ0) is 11.7. The zero-order valence-corrected chi connectivity index (χ0v) is 8.24. The van der Waals surface area contributed by atoms with Crippen LogP contribution in [0.1, 0.15) is 0 Å². The Morgan fingerprint density at radius 1 is 0.875 bits per heavy atom. The highest BCUT2D eigenvalue weighted by molar-refractivity contribution is 5.76. The second kappa shape index (κ2) is 3.81. The van der Waals surface area contributed by atoms with E-state index in [2.05, 4.69) is 0 Å². The van der Waals surface area contributed by atoms with Gasteiger partial charge in [-0.1, -0.05) is 18.2 Å². The maximum atomic E-state index is 13.5. The van der Waals surface area contributed by atoms with Gasteiger partial charge in [0.15, 0.2) is 11.6 Å². The molecule has 0 bridgehead atoms. The maximum absolute atomic E-state index is 13.5. The van der Waals surface area contributed by atoms with Crippen LogP contribution in [0, 0.1) is 11.6 Å². The van der Waals surface area contributed by atoms with Crippen LogP contribution in [-0.4, -0.2) is 5.11 Å². The molecule has 0 spiro atoms. The first kappa shape index (κ1) is 10.4. The molecule has 16 heavy (non-hydrogen) atoms. The van der Waals surface area contributed by atoms with E-state index in [0.29, 0.717) is 11.3 Å². The molecule has 0 aliphatic rings. The number of para-hydroxylation sites is 1. The Hall–Kier alpha value is -2.10. The highest BCUT2D eigenvalue weighted by atomic mass is 19.2. The molecule has 0 saturated carbocycles. The van der Waals surface area contributed by atoms with Crippen molar-refractivity contribution in [2.75, 3.05) is 5.73 Å². The van der Waals surface area contributed by atoms with Gasteiger partial charge in [-0.3, -0.25) is 0 Å². The summed E-state index contributed by atoms with van der Waals surface area (Å²) in [6, 6.07) is 8.95. The summed E-state index contributed by atoms with van der Waals surface area (Å²) in [7, 11) is 0. The number of phenols is 1. The van der Waals surface area contributed by atoms with Gasteiger partial charge in [-0.25, -0.2) is 4.39 Å². The summed E-state index contributed by atoms with van der Waals surface area (Å²) in [5, 5.41) is 8.99. The summed E-state index contributed by atoms with van der Waals surface area (Å²) in [4.78, 5) is 0. The molecule has 0 aliphatic heterocycles. The summed E-state index contributed by atoms with van der Waals surface area (Å²) in [5.74, 6) is -3.07. The third-order valence-corrected chi connectivity index (χ3v) is 2.31. The fourth-order valence-electron chi connectivity index (χ4n) is 1.49. The van der Waals surface area contributed by atoms with Crippen molar-refractivity contribution in [2.45, 2.75) is 0 Å². The van der Waals surface area contributed by atoms with Gasteiger partial charge in [0.1, 0.15) is 0 Å². The zero-order valence-electron chi connectivity index (χ0n) is 8.24. The second-order valence-electron chi connectivity index (χ2n) is 3.35. The minimum absolute atomic E-state index is 0.0356. The van der Waals surface area contributed by atoms with Crippen LogP contribution in [-0.2, 0) is 0 Å². The Bertz CT molecular complexity index is 541. The lowest BCUT2D eigenvalue weighted by Crippen LogP contribution is -1.94. The summed E-state index contributed by atoms with van der Waals surface area (Å²) >= 11 is 0. The van der Waals surface area contributed by atoms with Crippen molar-refractivity contribution in [1.29, 1.82) is 0 Å². The first-order valence-corrected chi connectivity index (χ1v) is 4.63. The van der Waals surface area contributed by atoms with Crippen LogP contribution in [0.5, 0.6) is 5.75 Å². The molecule has 0 saturated heterocycles. The average Bonchev–Trinajstić information content (AvgIpc) is 2.28. The minimum atomic E-state index is -1.26. The van der Waals surface area contributed by atoms with E-state index in [-0.39, 0.29) is 5.56 Å². The largest absolute Gasteiger partial charge is 0.505 e. The second-order valence-corrected chi connectivity index (χ2v) is 3.35. The Morgan fingerprint density at radius 2 is 1.56 bits per heavy atom. The Kier molecular flexibility index (Phi) is 2.48. The van der Waals surface area contributed by atoms with E-state index in [1.54, 1.807) is 24.3 Å². The summed E-state index contributed by atoms with van der Waals surface area (Å²) < 4.78 is 26.7. The van der Waals surface area contributed by atoms with Gasteiger partial charge in [0.25, 0.3) is 0 Å². The van der Waals surface area contributed by atoms with E-state index in [0.717, 1.165) is 6.07 Å². The number of hydrogen-bond donors (Lipinski definition) is 2. The molecule has 0 amide bonds. The fraction of sp³-hybridized carbons (Fsp3) is 0. The highest BCUT2D eigenvalue weighted by Gasteiger charge is 2.15. The maximum Gasteiger partial charge on any atom is 0.200 e. The molecule has 0 aromatic heterocycles.